The summed E-state index contributed by atoms with van der Waals surface area (Å²) in [6.45, 7) is 13.8. The summed E-state index contributed by atoms with van der Waals surface area (Å²) in [6.07, 6.45) is 5.61. The lowest BCUT2D eigenvalue weighted by Gasteiger charge is -2.36. The third kappa shape index (κ3) is 8.46. The van der Waals surface area contributed by atoms with E-state index in [1.807, 2.05) is 45.0 Å². The second kappa shape index (κ2) is 13.2. The average molecular weight is 500 g/mol. The van der Waals surface area contributed by atoms with Gasteiger partial charge in [-0.05, 0) is 51.8 Å². The summed E-state index contributed by atoms with van der Waals surface area (Å²) in [5.74, 6) is 1.97. The smallest absolute Gasteiger partial charge is 0.410 e. The van der Waals surface area contributed by atoms with Crippen LogP contribution in [-0.2, 0) is 4.74 Å². The van der Waals surface area contributed by atoms with Crippen LogP contribution in [0.2, 0.25) is 0 Å². The summed E-state index contributed by atoms with van der Waals surface area (Å²) in [6, 6.07) is 7.76. The zero-order valence-corrected chi connectivity index (χ0v) is 22.4. The maximum Gasteiger partial charge on any atom is 0.410 e. The Kier molecular flexibility index (Phi) is 10.0. The van der Waals surface area contributed by atoms with E-state index in [0.717, 1.165) is 42.9 Å². The number of hydrogen-bond acceptors (Lipinski definition) is 8. The standard InChI is InChI=1S/C27H41N5O4/c1-6-8-18-34-24-13-11-22(25(30-24)35-19-9-7-2)29-21-10-12-23(28-20-21)31-14-16-32(17-15-31)26(33)36-27(3,4)5/h10-13,20,29H,6-9,14-19H2,1-5H3. The van der Waals surface area contributed by atoms with E-state index in [4.69, 9.17) is 14.2 Å². The average Bonchev–Trinajstić information content (AvgIpc) is 2.85. The first-order chi connectivity index (χ1) is 17.3. The first-order valence-electron chi connectivity index (χ1n) is 13.0. The number of rotatable bonds is 11. The van der Waals surface area contributed by atoms with Gasteiger partial charge in [-0.15, -0.1) is 0 Å². The number of unbranched alkanes of at least 4 members (excludes halogenated alkanes) is 2. The van der Waals surface area contributed by atoms with Crippen LogP contribution in [0, 0.1) is 0 Å². The van der Waals surface area contributed by atoms with Crippen molar-refractivity contribution in [3.05, 3.63) is 30.5 Å². The molecule has 1 fully saturated rings. The van der Waals surface area contributed by atoms with E-state index in [0.29, 0.717) is 51.2 Å². The lowest BCUT2D eigenvalue weighted by Crippen LogP contribution is -2.50. The maximum atomic E-state index is 12.3. The Balaban J connectivity index is 1.60. The highest BCUT2D eigenvalue weighted by Gasteiger charge is 2.26. The molecule has 36 heavy (non-hydrogen) atoms. The summed E-state index contributed by atoms with van der Waals surface area (Å²) in [7, 11) is 0. The number of pyridine rings is 2. The van der Waals surface area contributed by atoms with Crippen molar-refractivity contribution in [2.24, 2.45) is 0 Å². The SMILES string of the molecule is CCCCOc1ccc(Nc2ccc(N3CCN(C(=O)OC(C)(C)C)CC3)nc2)c(OCCCC)n1. The molecule has 2 aromatic rings. The zero-order valence-electron chi connectivity index (χ0n) is 22.4. The first kappa shape index (κ1) is 27.4. The number of aromatic nitrogens is 2. The molecule has 1 aliphatic heterocycles. The van der Waals surface area contributed by atoms with E-state index < -0.39 is 5.60 Å². The quantitative estimate of drug-likeness (QED) is 0.398. The van der Waals surface area contributed by atoms with Crippen LogP contribution < -0.4 is 19.7 Å². The lowest BCUT2D eigenvalue weighted by molar-refractivity contribution is 0.0240. The van der Waals surface area contributed by atoms with E-state index in [1.165, 1.54) is 0 Å². The molecule has 9 heteroatoms. The Morgan fingerprint density at radius 1 is 0.972 bits per heavy atom. The van der Waals surface area contributed by atoms with Crippen molar-refractivity contribution in [2.75, 3.05) is 49.6 Å². The predicted molar refractivity (Wildman–Crippen MR) is 143 cm³/mol. The van der Waals surface area contributed by atoms with Crippen LogP contribution in [0.3, 0.4) is 0 Å². The molecule has 1 saturated heterocycles. The minimum Gasteiger partial charge on any atom is -0.478 e. The molecule has 0 aliphatic carbocycles. The summed E-state index contributed by atoms with van der Waals surface area (Å²) >= 11 is 0. The first-order valence-corrected chi connectivity index (χ1v) is 13.0. The molecular weight excluding hydrogens is 458 g/mol. The Morgan fingerprint density at radius 3 is 2.28 bits per heavy atom. The molecule has 0 aromatic carbocycles. The van der Waals surface area contributed by atoms with Crippen molar-refractivity contribution >= 4 is 23.3 Å². The molecule has 0 radical (unpaired) electrons. The number of nitrogens with one attached hydrogen (secondary N) is 1. The number of hydrogen-bond donors (Lipinski definition) is 1. The molecule has 1 amide bonds. The predicted octanol–water partition coefficient (Wildman–Crippen LogP) is 5.64. The van der Waals surface area contributed by atoms with Crippen LogP contribution in [-0.4, -0.2) is 66.0 Å². The van der Waals surface area contributed by atoms with Gasteiger partial charge in [0.2, 0.25) is 11.8 Å². The van der Waals surface area contributed by atoms with E-state index in [1.54, 1.807) is 11.1 Å². The van der Waals surface area contributed by atoms with Crippen LogP contribution in [0.5, 0.6) is 11.8 Å². The normalized spacial score (nSPS) is 13.9. The van der Waals surface area contributed by atoms with Gasteiger partial charge in [0.25, 0.3) is 0 Å². The van der Waals surface area contributed by atoms with Crippen molar-refractivity contribution in [1.82, 2.24) is 14.9 Å². The Hall–Kier alpha value is -3.23. The van der Waals surface area contributed by atoms with E-state index in [-0.39, 0.29) is 6.09 Å². The molecule has 3 heterocycles. The van der Waals surface area contributed by atoms with Gasteiger partial charge in [0.05, 0.1) is 25.1 Å². The number of piperazine rings is 1. The van der Waals surface area contributed by atoms with Crippen molar-refractivity contribution < 1.29 is 19.0 Å². The van der Waals surface area contributed by atoms with Gasteiger partial charge >= 0.3 is 6.09 Å². The van der Waals surface area contributed by atoms with Crippen LogP contribution in [0.25, 0.3) is 0 Å². The van der Waals surface area contributed by atoms with Crippen LogP contribution in [0.1, 0.15) is 60.3 Å². The van der Waals surface area contributed by atoms with Crippen molar-refractivity contribution in [3.8, 4) is 11.8 Å². The fourth-order valence-corrected chi connectivity index (χ4v) is 3.59. The third-order valence-corrected chi connectivity index (χ3v) is 5.60. The van der Waals surface area contributed by atoms with Gasteiger partial charge in [0.1, 0.15) is 17.1 Å². The van der Waals surface area contributed by atoms with Gasteiger partial charge in [-0.2, -0.15) is 4.98 Å². The molecule has 2 aromatic heterocycles. The highest BCUT2D eigenvalue weighted by atomic mass is 16.6. The second-order valence-corrected chi connectivity index (χ2v) is 9.89. The molecule has 3 rings (SSSR count). The van der Waals surface area contributed by atoms with Crippen molar-refractivity contribution in [2.45, 2.75) is 65.9 Å². The Bertz CT molecular complexity index is 954. The van der Waals surface area contributed by atoms with E-state index in [9.17, 15) is 4.79 Å². The largest absolute Gasteiger partial charge is 0.478 e. The monoisotopic (exact) mass is 499 g/mol. The van der Waals surface area contributed by atoms with Gasteiger partial charge in [-0.25, -0.2) is 9.78 Å². The minimum atomic E-state index is -0.489. The summed E-state index contributed by atoms with van der Waals surface area (Å²) in [4.78, 5) is 25.4. The molecule has 0 spiro atoms. The number of amides is 1. The van der Waals surface area contributed by atoms with Crippen molar-refractivity contribution in [3.63, 3.8) is 0 Å². The van der Waals surface area contributed by atoms with Gasteiger partial charge in [-0.3, -0.25) is 0 Å². The van der Waals surface area contributed by atoms with E-state index in [2.05, 4.69) is 34.0 Å². The molecule has 0 atom stereocenters. The number of nitrogens with zero attached hydrogens (tertiary/aromatic N) is 4. The molecule has 9 nitrogen and oxygen atoms in total. The molecular formula is C27H41N5O4. The molecule has 198 valence electrons. The minimum absolute atomic E-state index is 0.262. The lowest BCUT2D eigenvalue weighted by atomic mass is 10.2. The maximum absolute atomic E-state index is 12.3. The molecule has 1 N–H and O–H groups in total. The van der Waals surface area contributed by atoms with E-state index >= 15 is 0 Å². The molecule has 1 aliphatic rings. The van der Waals surface area contributed by atoms with Gasteiger partial charge in [0.15, 0.2) is 0 Å². The van der Waals surface area contributed by atoms with Crippen LogP contribution >= 0.6 is 0 Å². The number of carbonyl (C=O) groups excluding carboxylic acids is 1. The van der Waals surface area contributed by atoms with Crippen molar-refractivity contribution in [1.29, 1.82) is 0 Å². The van der Waals surface area contributed by atoms with Gasteiger partial charge < -0.3 is 29.3 Å². The Labute approximate surface area is 215 Å². The highest BCUT2D eigenvalue weighted by Crippen LogP contribution is 2.29. The second-order valence-electron chi connectivity index (χ2n) is 9.89. The molecule has 0 bridgehead atoms. The Morgan fingerprint density at radius 2 is 1.67 bits per heavy atom. The summed E-state index contributed by atoms with van der Waals surface area (Å²) in [5, 5.41) is 3.37. The number of carbonyl (C=O) groups is 1. The van der Waals surface area contributed by atoms with Crippen LogP contribution in [0.15, 0.2) is 30.5 Å². The fourth-order valence-electron chi connectivity index (χ4n) is 3.59. The zero-order chi connectivity index (χ0) is 26.0. The number of ether oxygens (including phenoxy) is 3. The highest BCUT2D eigenvalue weighted by molar-refractivity contribution is 5.69. The number of anilines is 3. The molecule has 0 saturated carbocycles. The summed E-state index contributed by atoms with van der Waals surface area (Å²) in [5.41, 5.74) is 1.12. The summed E-state index contributed by atoms with van der Waals surface area (Å²) < 4.78 is 17.2. The topological polar surface area (TPSA) is 89.1 Å². The molecule has 0 unspecified atom stereocenters. The third-order valence-electron chi connectivity index (χ3n) is 5.60. The van der Waals surface area contributed by atoms with Crippen LogP contribution in [0.4, 0.5) is 22.0 Å². The van der Waals surface area contributed by atoms with Gasteiger partial charge in [0, 0.05) is 32.2 Å². The fraction of sp³-hybridized carbons (Fsp3) is 0.593. The van der Waals surface area contributed by atoms with Gasteiger partial charge in [-0.1, -0.05) is 26.7 Å².